The van der Waals surface area contributed by atoms with Gasteiger partial charge in [-0.25, -0.2) is 10.1 Å². The lowest BCUT2D eigenvalue weighted by Crippen LogP contribution is -2.21. The Morgan fingerprint density at radius 2 is 2.03 bits per heavy atom. The summed E-state index contributed by atoms with van der Waals surface area (Å²) >= 11 is 0. The van der Waals surface area contributed by atoms with Crippen molar-refractivity contribution >= 4 is 17.4 Å². The molecule has 0 unspecified atom stereocenters. The van der Waals surface area contributed by atoms with Gasteiger partial charge >= 0.3 is 0 Å². The molecule has 4 N–H and O–H groups in total. The van der Waals surface area contributed by atoms with E-state index in [4.69, 9.17) is 10.5 Å². The molecule has 162 valence electrons. The lowest BCUT2D eigenvalue weighted by atomic mass is 10.1. The van der Waals surface area contributed by atoms with Gasteiger partial charge in [0.1, 0.15) is 17.2 Å². The molecule has 4 aromatic rings. The summed E-state index contributed by atoms with van der Waals surface area (Å²) in [5.41, 5.74) is 9.91. The van der Waals surface area contributed by atoms with Crippen molar-refractivity contribution in [2.75, 3.05) is 12.8 Å². The third kappa shape index (κ3) is 3.84. The van der Waals surface area contributed by atoms with Crippen LogP contribution < -0.4 is 15.9 Å². The van der Waals surface area contributed by atoms with E-state index in [-0.39, 0.29) is 28.8 Å². The number of rotatable bonds is 6. The third-order valence-electron chi connectivity index (χ3n) is 4.54. The summed E-state index contributed by atoms with van der Waals surface area (Å²) in [7, 11) is 1.53. The van der Waals surface area contributed by atoms with Gasteiger partial charge in [-0.3, -0.25) is 4.79 Å². The number of phenols is 1. The zero-order valence-electron chi connectivity index (χ0n) is 17.1. The van der Waals surface area contributed by atoms with Gasteiger partial charge in [0.15, 0.2) is 5.69 Å². The smallest absolute Gasteiger partial charge is 0.294 e. The van der Waals surface area contributed by atoms with Crippen molar-refractivity contribution in [2.45, 2.75) is 6.92 Å². The lowest BCUT2D eigenvalue weighted by Gasteiger charge is -2.08. The highest BCUT2D eigenvalue weighted by atomic mass is 16.6. The Hall–Kier alpha value is -4.74. The SMILES string of the molecule is COc1cccc(-c2c(C(=O)N/N=C(\C)c3ccccc3O)nnn2-c2nonc2N)c1. The largest absolute Gasteiger partial charge is 0.507 e. The quantitative estimate of drug-likeness (QED) is 0.303. The molecule has 4 rings (SSSR count). The van der Waals surface area contributed by atoms with Crippen LogP contribution in [0.1, 0.15) is 23.0 Å². The number of nitrogens with zero attached hydrogens (tertiary/aromatic N) is 6. The zero-order chi connectivity index (χ0) is 22.7. The van der Waals surface area contributed by atoms with Crippen LogP contribution in [0.3, 0.4) is 0 Å². The molecule has 0 spiro atoms. The molecule has 0 saturated carbocycles. The average Bonchev–Trinajstić information content (AvgIpc) is 3.43. The number of amides is 1. The molecule has 0 aliphatic heterocycles. The van der Waals surface area contributed by atoms with Crippen molar-refractivity contribution in [1.29, 1.82) is 0 Å². The number of aromatic nitrogens is 5. The Labute approximate surface area is 181 Å². The second kappa shape index (κ2) is 8.55. The number of hydrazone groups is 1. The summed E-state index contributed by atoms with van der Waals surface area (Å²) in [6.45, 7) is 1.65. The fourth-order valence-corrected chi connectivity index (χ4v) is 2.98. The number of benzene rings is 2. The normalized spacial score (nSPS) is 11.4. The van der Waals surface area contributed by atoms with Crippen molar-refractivity contribution in [3.63, 3.8) is 0 Å². The van der Waals surface area contributed by atoms with Crippen LogP contribution in [0, 0.1) is 0 Å². The van der Waals surface area contributed by atoms with E-state index in [1.807, 2.05) is 0 Å². The number of hydrogen-bond donors (Lipinski definition) is 3. The topological polar surface area (TPSA) is 167 Å². The Balaban J connectivity index is 1.75. The average molecular weight is 434 g/mol. The van der Waals surface area contributed by atoms with Gasteiger partial charge in [-0.15, -0.1) is 5.10 Å². The summed E-state index contributed by atoms with van der Waals surface area (Å²) in [5, 5.41) is 29.3. The van der Waals surface area contributed by atoms with Crippen LogP contribution in [0.25, 0.3) is 17.1 Å². The van der Waals surface area contributed by atoms with Gasteiger partial charge in [0.2, 0.25) is 11.6 Å². The molecule has 0 atom stereocenters. The first-order valence-corrected chi connectivity index (χ1v) is 9.31. The van der Waals surface area contributed by atoms with Gasteiger partial charge in [0.25, 0.3) is 5.91 Å². The Kier molecular flexibility index (Phi) is 5.49. The number of carbonyl (C=O) groups excluding carboxylic acids is 1. The second-order valence-corrected chi connectivity index (χ2v) is 6.56. The van der Waals surface area contributed by atoms with Crippen molar-refractivity contribution in [1.82, 2.24) is 30.7 Å². The molecule has 12 heteroatoms. The van der Waals surface area contributed by atoms with E-state index in [9.17, 15) is 9.90 Å². The molecule has 0 aliphatic rings. The summed E-state index contributed by atoms with van der Waals surface area (Å²) in [6.07, 6.45) is 0. The van der Waals surface area contributed by atoms with E-state index in [0.29, 0.717) is 22.6 Å². The van der Waals surface area contributed by atoms with Crippen LogP contribution in [-0.4, -0.2) is 49.1 Å². The van der Waals surface area contributed by atoms with E-state index in [0.717, 1.165) is 0 Å². The highest BCUT2D eigenvalue weighted by Gasteiger charge is 2.25. The maximum atomic E-state index is 13.0. The second-order valence-electron chi connectivity index (χ2n) is 6.56. The standard InChI is InChI=1S/C20H18N8O4/c1-11(14-8-3-4-9-15(14)29)22-24-20(30)16-17(12-6-5-7-13(10-12)31-2)28(27-23-16)19-18(21)25-32-26-19/h3-10,29H,1-2H3,(H2,21,25)(H,24,30)/b22-11+. The van der Waals surface area contributed by atoms with E-state index in [1.54, 1.807) is 49.4 Å². The van der Waals surface area contributed by atoms with Crippen LogP contribution in [0.4, 0.5) is 5.82 Å². The highest BCUT2D eigenvalue weighted by Crippen LogP contribution is 2.29. The molecule has 2 aromatic carbocycles. The Morgan fingerprint density at radius 3 is 2.75 bits per heavy atom. The number of nitrogen functional groups attached to an aromatic ring is 1. The van der Waals surface area contributed by atoms with Gasteiger partial charge in [-0.1, -0.05) is 29.5 Å². The van der Waals surface area contributed by atoms with Gasteiger partial charge in [0, 0.05) is 11.1 Å². The zero-order valence-corrected chi connectivity index (χ0v) is 17.1. The number of anilines is 1. The van der Waals surface area contributed by atoms with Gasteiger partial charge in [0.05, 0.1) is 12.8 Å². The van der Waals surface area contributed by atoms with E-state index >= 15 is 0 Å². The summed E-state index contributed by atoms with van der Waals surface area (Å²) in [5.74, 6) is 0.00263. The Morgan fingerprint density at radius 1 is 1.22 bits per heavy atom. The molecule has 0 aliphatic carbocycles. The van der Waals surface area contributed by atoms with Crippen molar-refractivity contribution < 1.29 is 19.3 Å². The highest BCUT2D eigenvalue weighted by molar-refractivity contribution is 6.03. The van der Waals surface area contributed by atoms with E-state index < -0.39 is 5.91 Å². The lowest BCUT2D eigenvalue weighted by molar-refractivity contribution is 0.0950. The molecule has 0 saturated heterocycles. The Bertz CT molecular complexity index is 1310. The number of phenolic OH excluding ortho intramolecular Hbond substituents is 1. The minimum absolute atomic E-state index is 0.0283. The molecule has 12 nitrogen and oxygen atoms in total. The van der Waals surface area contributed by atoms with Gasteiger partial charge in [-0.05, 0) is 41.5 Å². The van der Waals surface area contributed by atoms with E-state index in [2.05, 4.69) is 35.8 Å². The van der Waals surface area contributed by atoms with Crippen LogP contribution in [-0.2, 0) is 0 Å². The molecule has 1 amide bonds. The minimum Gasteiger partial charge on any atom is -0.507 e. The van der Waals surface area contributed by atoms with Crippen molar-refractivity contribution in [2.24, 2.45) is 5.10 Å². The molecule has 32 heavy (non-hydrogen) atoms. The van der Waals surface area contributed by atoms with Crippen LogP contribution >= 0.6 is 0 Å². The van der Waals surface area contributed by atoms with Crippen LogP contribution in [0.2, 0.25) is 0 Å². The number of para-hydroxylation sites is 1. The number of hydrogen-bond acceptors (Lipinski definition) is 10. The monoisotopic (exact) mass is 434 g/mol. The number of nitrogens with one attached hydrogen (secondary N) is 1. The number of ether oxygens (including phenoxy) is 1. The van der Waals surface area contributed by atoms with Gasteiger partial charge < -0.3 is 15.6 Å². The number of nitrogens with two attached hydrogens (primary N) is 1. The van der Waals surface area contributed by atoms with Crippen LogP contribution in [0.15, 0.2) is 58.3 Å². The number of methoxy groups -OCH3 is 1. The van der Waals surface area contributed by atoms with E-state index in [1.165, 1.54) is 17.9 Å². The minimum atomic E-state index is -0.640. The molecule has 2 heterocycles. The van der Waals surface area contributed by atoms with Crippen molar-refractivity contribution in [3.8, 4) is 28.6 Å². The molecular formula is C20H18N8O4. The molecule has 2 aromatic heterocycles. The summed E-state index contributed by atoms with van der Waals surface area (Å²) < 4.78 is 11.2. The summed E-state index contributed by atoms with van der Waals surface area (Å²) in [6, 6.07) is 13.6. The maximum absolute atomic E-state index is 13.0. The fourth-order valence-electron chi connectivity index (χ4n) is 2.98. The number of carbonyl (C=O) groups is 1. The third-order valence-corrected chi connectivity index (χ3v) is 4.54. The fraction of sp³-hybridized carbons (Fsp3) is 0.100. The first-order chi connectivity index (χ1) is 15.5. The van der Waals surface area contributed by atoms with Crippen LogP contribution in [0.5, 0.6) is 11.5 Å². The predicted octanol–water partition coefficient (Wildman–Crippen LogP) is 1.77. The predicted molar refractivity (Wildman–Crippen MR) is 113 cm³/mol. The maximum Gasteiger partial charge on any atom is 0.294 e. The summed E-state index contributed by atoms with van der Waals surface area (Å²) in [4.78, 5) is 13.0. The molecule has 0 bridgehead atoms. The molecule has 0 fully saturated rings. The number of aromatic hydroxyl groups is 1. The van der Waals surface area contributed by atoms with Crippen molar-refractivity contribution in [3.05, 3.63) is 59.8 Å². The van der Waals surface area contributed by atoms with Gasteiger partial charge in [-0.2, -0.15) is 9.78 Å². The first-order valence-electron chi connectivity index (χ1n) is 9.31. The molecular weight excluding hydrogens is 416 g/mol. The first kappa shape index (κ1) is 20.5. The molecule has 0 radical (unpaired) electrons.